The first-order chi connectivity index (χ1) is 9.50. The number of para-hydroxylation sites is 1. The molecule has 3 N–H and O–H groups in total. The highest BCUT2D eigenvalue weighted by atomic mass is 16.5. The quantitative estimate of drug-likeness (QED) is 0.785. The van der Waals surface area contributed by atoms with Crippen LogP contribution >= 0.6 is 0 Å². The third-order valence-electron chi connectivity index (χ3n) is 4.30. The zero-order valence-corrected chi connectivity index (χ0v) is 12.5. The standard InChI is InChI=1S/C16H24N2O2/c1-4-20-14-12(6-5-7-13(14)17)15(19)18-10-16(8-9-16)11(2)3/h5-7,11H,4,8-10,17H2,1-3H3,(H,18,19). The van der Waals surface area contributed by atoms with E-state index in [0.717, 1.165) is 6.54 Å². The van der Waals surface area contributed by atoms with Gasteiger partial charge in [-0.1, -0.05) is 19.9 Å². The zero-order valence-electron chi connectivity index (χ0n) is 12.5. The summed E-state index contributed by atoms with van der Waals surface area (Å²) < 4.78 is 5.50. The average molecular weight is 276 g/mol. The van der Waals surface area contributed by atoms with Gasteiger partial charge in [0.15, 0.2) is 5.75 Å². The fourth-order valence-corrected chi connectivity index (χ4v) is 2.51. The Morgan fingerprint density at radius 3 is 2.70 bits per heavy atom. The Morgan fingerprint density at radius 1 is 1.45 bits per heavy atom. The molecule has 1 fully saturated rings. The zero-order chi connectivity index (χ0) is 14.8. The van der Waals surface area contributed by atoms with Gasteiger partial charge in [0.2, 0.25) is 0 Å². The van der Waals surface area contributed by atoms with Gasteiger partial charge >= 0.3 is 0 Å². The van der Waals surface area contributed by atoms with Crippen molar-refractivity contribution in [2.75, 3.05) is 18.9 Å². The van der Waals surface area contributed by atoms with Crippen LogP contribution in [-0.2, 0) is 0 Å². The molecule has 4 heteroatoms. The van der Waals surface area contributed by atoms with Crippen molar-refractivity contribution in [3.05, 3.63) is 23.8 Å². The fraction of sp³-hybridized carbons (Fsp3) is 0.562. The van der Waals surface area contributed by atoms with E-state index < -0.39 is 0 Å². The summed E-state index contributed by atoms with van der Waals surface area (Å²) in [6.07, 6.45) is 2.39. The second-order valence-corrected chi connectivity index (χ2v) is 5.86. The summed E-state index contributed by atoms with van der Waals surface area (Å²) >= 11 is 0. The summed E-state index contributed by atoms with van der Waals surface area (Å²) in [4.78, 5) is 12.3. The van der Waals surface area contributed by atoms with Gasteiger partial charge in [-0.2, -0.15) is 0 Å². The Bertz CT molecular complexity index is 493. The van der Waals surface area contributed by atoms with Crippen LogP contribution in [0.4, 0.5) is 5.69 Å². The summed E-state index contributed by atoms with van der Waals surface area (Å²) in [5, 5.41) is 3.03. The van der Waals surface area contributed by atoms with Crippen molar-refractivity contribution in [3.8, 4) is 5.75 Å². The molecule has 0 unspecified atom stereocenters. The summed E-state index contributed by atoms with van der Waals surface area (Å²) in [5.41, 5.74) is 7.20. The summed E-state index contributed by atoms with van der Waals surface area (Å²) in [6, 6.07) is 5.28. The van der Waals surface area contributed by atoms with Gasteiger partial charge in [0, 0.05) is 6.54 Å². The van der Waals surface area contributed by atoms with Gasteiger partial charge in [-0.3, -0.25) is 4.79 Å². The van der Waals surface area contributed by atoms with E-state index >= 15 is 0 Å². The molecule has 1 aliphatic rings. The van der Waals surface area contributed by atoms with Gasteiger partial charge in [-0.05, 0) is 43.2 Å². The van der Waals surface area contributed by atoms with E-state index in [2.05, 4.69) is 19.2 Å². The molecule has 2 rings (SSSR count). The highest BCUT2D eigenvalue weighted by molar-refractivity contribution is 5.98. The number of nitrogens with one attached hydrogen (secondary N) is 1. The maximum absolute atomic E-state index is 12.3. The molecule has 1 aromatic carbocycles. The van der Waals surface area contributed by atoms with Crippen LogP contribution in [0, 0.1) is 11.3 Å². The van der Waals surface area contributed by atoms with Crippen molar-refractivity contribution >= 4 is 11.6 Å². The highest BCUT2D eigenvalue weighted by Crippen LogP contribution is 2.51. The number of hydrogen-bond donors (Lipinski definition) is 2. The molecule has 1 aromatic rings. The number of hydrogen-bond acceptors (Lipinski definition) is 3. The molecule has 20 heavy (non-hydrogen) atoms. The van der Waals surface area contributed by atoms with E-state index in [1.807, 2.05) is 6.92 Å². The lowest BCUT2D eigenvalue weighted by molar-refractivity contribution is 0.0936. The smallest absolute Gasteiger partial charge is 0.255 e. The number of carbonyl (C=O) groups is 1. The van der Waals surface area contributed by atoms with Crippen LogP contribution in [0.2, 0.25) is 0 Å². The predicted octanol–water partition coefficient (Wildman–Crippen LogP) is 2.83. The molecule has 1 saturated carbocycles. The highest BCUT2D eigenvalue weighted by Gasteiger charge is 2.45. The molecule has 0 radical (unpaired) electrons. The molecule has 4 nitrogen and oxygen atoms in total. The van der Waals surface area contributed by atoms with Gasteiger partial charge in [0.1, 0.15) is 0 Å². The minimum Gasteiger partial charge on any atom is -0.491 e. The third-order valence-corrected chi connectivity index (χ3v) is 4.30. The van der Waals surface area contributed by atoms with E-state index in [0.29, 0.717) is 34.9 Å². The van der Waals surface area contributed by atoms with Gasteiger partial charge in [0.05, 0.1) is 17.9 Å². The van der Waals surface area contributed by atoms with Crippen LogP contribution in [-0.4, -0.2) is 19.1 Å². The molecule has 1 amide bonds. The van der Waals surface area contributed by atoms with Crippen molar-refractivity contribution < 1.29 is 9.53 Å². The lowest BCUT2D eigenvalue weighted by Gasteiger charge is -2.20. The summed E-state index contributed by atoms with van der Waals surface area (Å²) in [5.74, 6) is 0.976. The molecule has 0 spiro atoms. The summed E-state index contributed by atoms with van der Waals surface area (Å²) in [6.45, 7) is 7.52. The maximum Gasteiger partial charge on any atom is 0.255 e. The number of ether oxygens (including phenoxy) is 1. The Morgan fingerprint density at radius 2 is 2.15 bits per heavy atom. The third kappa shape index (κ3) is 2.89. The Kier molecular flexibility index (Phi) is 4.21. The molecule has 1 aliphatic carbocycles. The molecule has 0 bridgehead atoms. The van der Waals surface area contributed by atoms with E-state index in [4.69, 9.17) is 10.5 Å². The molecule has 110 valence electrons. The predicted molar refractivity (Wildman–Crippen MR) is 80.9 cm³/mol. The number of anilines is 1. The second-order valence-electron chi connectivity index (χ2n) is 5.86. The topological polar surface area (TPSA) is 64.3 Å². The van der Waals surface area contributed by atoms with Crippen LogP contribution in [0.1, 0.15) is 44.0 Å². The first-order valence-electron chi connectivity index (χ1n) is 7.29. The minimum absolute atomic E-state index is 0.104. The molecular formula is C16H24N2O2. The van der Waals surface area contributed by atoms with Gasteiger partial charge < -0.3 is 15.8 Å². The molecular weight excluding hydrogens is 252 g/mol. The Balaban J connectivity index is 2.08. The number of amides is 1. The molecule has 0 atom stereocenters. The molecule has 0 aliphatic heterocycles. The first kappa shape index (κ1) is 14.7. The average Bonchev–Trinajstić information content (AvgIpc) is 3.20. The molecule has 0 saturated heterocycles. The largest absolute Gasteiger partial charge is 0.491 e. The van der Waals surface area contributed by atoms with Crippen molar-refractivity contribution in [3.63, 3.8) is 0 Å². The Hall–Kier alpha value is -1.71. The Labute approximate surface area is 120 Å². The SMILES string of the molecule is CCOc1c(N)cccc1C(=O)NCC1(C(C)C)CC1. The van der Waals surface area contributed by atoms with Gasteiger partial charge in [0.25, 0.3) is 5.91 Å². The van der Waals surface area contributed by atoms with E-state index in [1.165, 1.54) is 12.8 Å². The molecule has 0 heterocycles. The number of carbonyl (C=O) groups excluding carboxylic acids is 1. The van der Waals surface area contributed by atoms with Crippen molar-refractivity contribution in [1.29, 1.82) is 0 Å². The number of nitrogen functional groups attached to an aromatic ring is 1. The first-order valence-corrected chi connectivity index (χ1v) is 7.29. The van der Waals surface area contributed by atoms with Gasteiger partial charge in [-0.15, -0.1) is 0 Å². The van der Waals surface area contributed by atoms with Crippen molar-refractivity contribution in [2.45, 2.75) is 33.6 Å². The van der Waals surface area contributed by atoms with E-state index in [-0.39, 0.29) is 5.91 Å². The van der Waals surface area contributed by atoms with Crippen molar-refractivity contribution in [2.24, 2.45) is 11.3 Å². The number of benzene rings is 1. The normalized spacial score (nSPS) is 16.0. The summed E-state index contributed by atoms with van der Waals surface area (Å²) in [7, 11) is 0. The van der Waals surface area contributed by atoms with Crippen LogP contribution < -0.4 is 15.8 Å². The lowest BCUT2D eigenvalue weighted by Crippen LogP contribution is -2.32. The maximum atomic E-state index is 12.3. The lowest BCUT2D eigenvalue weighted by atomic mass is 9.92. The van der Waals surface area contributed by atoms with E-state index in [1.54, 1.807) is 18.2 Å². The van der Waals surface area contributed by atoms with Crippen molar-refractivity contribution in [1.82, 2.24) is 5.32 Å². The number of rotatable bonds is 6. The molecule has 0 aromatic heterocycles. The van der Waals surface area contributed by atoms with Crippen LogP contribution in [0.5, 0.6) is 5.75 Å². The monoisotopic (exact) mass is 276 g/mol. The van der Waals surface area contributed by atoms with Crippen LogP contribution in [0.15, 0.2) is 18.2 Å². The fourth-order valence-electron chi connectivity index (χ4n) is 2.51. The van der Waals surface area contributed by atoms with Crippen LogP contribution in [0.25, 0.3) is 0 Å². The second kappa shape index (κ2) is 5.73. The van der Waals surface area contributed by atoms with Gasteiger partial charge in [-0.25, -0.2) is 0 Å². The minimum atomic E-state index is -0.104. The van der Waals surface area contributed by atoms with E-state index in [9.17, 15) is 4.79 Å². The number of nitrogens with two attached hydrogens (primary N) is 1. The van der Waals surface area contributed by atoms with Crippen LogP contribution in [0.3, 0.4) is 0 Å².